The van der Waals surface area contributed by atoms with Gasteiger partial charge in [-0.15, -0.1) is 0 Å². The smallest absolute Gasteiger partial charge is 0.416 e. The maximum absolute atomic E-state index is 13.0. The van der Waals surface area contributed by atoms with Gasteiger partial charge in [0.25, 0.3) is 0 Å². The van der Waals surface area contributed by atoms with Crippen LogP contribution < -0.4 is 0 Å². The Morgan fingerprint density at radius 3 is 2.50 bits per heavy atom. The normalized spacial score (nSPS) is 12.5. The van der Waals surface area contributed by atoms with Gasteiger partial charge in [0.2, 0.25) is 0 Å². The molecule has 0 saturated heterocycles. The van der Waals surface area contributed by atoms with Crippen LogP contribution in [0.15, 0.2) is 48.5 Å². The van der Waals surface area contributed by atoms with Gasteiger partial charge in [0, 0.05) is 13.0 Å². The second-order valence-corrected chi connectivity index (χ2v) is 7.71. The second-order valence-electron chi connectivity index (χ2n) is 7.71. The monoisotopic (exact) mass is 390 g/mol. The molecule has 0 bridgehead atoms. The van der Waals surface area contributed by atoms with Gasteiger partial charge in [-0.2, -0.15) is 13.2 Å². The van der Waals surface area contributed by atoms with Crippen LogP contribution in [0.1, 0.15) is 37.2 Å². The highest BCUT2D eigenvalue weighted by molar-refractivity contribution is 5.76. The molecule has 148 valence electrons. The van der Waals surface area contributed by atoms with Crippen molar-refractivity contribution in [3.05, 3.63) is 65.5 Å². The average molecular weight is 390 g/mol. The zero-order chi connectivity index (χ0) is 20.5. The van der Waals surface area contributed by atoms with Crippen LogP contribution in [0.3, 0.4) is 0 Å². The van der Waals surface area contributed by atoms with Crippen LogP contribution in [-0.2, 0) is 23.9 Å². The van der Waals surface area contributed by atoms with Crippen molar-refractivity contribution in [1.82, 2.24) is 9.55 Å². The summed E-state index contributed by atoms with van der Waals surface area (Å²) in [5, 5.41) is 9.14. The van der Waals surface area contributed by atoms with E-state index < -0.39 is 23.1 Å². The molecule has 0 saturated carbocycles. The van der Waals surface area contributed by atoms with Crippen molar-refractivity contribution in [2.45, 2.75) is 39.4 Å². The average Bonchev–Trinajstić information content (AvgIpc) is 2.90. The molecule has 0 aliphatic carbocycles. The number of carboxylic acid groups (broad SMARTS) is 1. The van der Waals surface area contributed by atoms with Crippen LogP contribution in [0, 0.1) is 5.41 Å². The van der Waals surface area contributed by atoms with Crippen molar-refractivity contribution < 1.29 is 23.1 Å². The predicted molar refractivity (Wildman–Crippen MR) is 100 cm³/mol. The SMILES string of the molecule is CC(C)(CC(=O)O)Cc1nc2ccccc2n1Cc1cccc(C(F)(F)F)c1. The third kappa shape index (κ3) is 4.52. The van der Waals surface area contributed by atoms with E-state index in [0.29, 0.717) is 17.8 Å². The van der Waals surface area contributed by atoms with E-state index in [1.807, 2.05) is 42.7 Å². The number of rotatable bonds is 6. The maximum atomic E-state index is 13.0. The number of carboxylic acids is 1. The summed E-state index contributed by atoms with van der Waals surface area (Å²) in [6.45, 7) is 3.91. The Bertz CT molecular complexity index is 1010. The van der Waals surface area contributed by atoms with E-state index in [1.54, 1.807) is 6.07 Å². The molecule has 0 atom stereocenters. The van der Waals surface area contributed by atoms with Gasteiger partial charge in [-0.1, -0.05) is 38.1 Å². The van der Waals surface area contributed by atoms with Gasteiger partial charge in [0.05, 0.1) is 23.0 Å². The van der Waals surface area contributed by atoms with Crippen LogP contribution in [0.4, 0.5) is 13.2 Å². The fraction of sp³-hybridized carbons (Fsp3) is 0.333. The topological polar surface area (TPSA) is 55.1 Å². The van der Waals surface area contributed by atoms with Crippen molar-refractivity contribution in [2.75, 3.05) is 0 Å². The third-order valence-corrected chi connectivity index (χ3v) is 4.60. The summed E-state index contributed by atoms with van der Waals surface area (Å²) < 4.78 is 41.0. The fourth-order valence-corrected chi connectivity index (χ4v) is 3.37. The van der Waals surface area contributed by atoms with Gasteiger partial charge < -0.3 is 9.67 Å². The molecule has 28 heavy (non-hydrogen) atoms. The highest BCUT2D eigenvalue weighted by atomic mass is 19.4. The molecule has 3 aromatic rings. The van der Waals surface area contributed by atoms with E-state index in [2.05, 4.69) is 4.98 Å². The second kappa shape index (κ2) is 7.30. The van der Waals surface area contributed by atoms with E-state index in [1.165, 1.54) is 6.07 Å². The Kier molecular flexibility index (Phi) is 5.19. The summed E-state index contributed by atoms with van der Waals surface area (Å²) in [6, 6.07) is 12.6. The number of benzene rings is 2. The Balaban J connectivity index is 2.01. The van der Waals surface area contributed by atoms with E-state index in [4.69, 9.17) is 5.11 Å². The first-order valence-electron chi connectivity index (χ1n) is 8.87. The first kappa shape index (κ1) is 19.9. The molecule has 0 aliphatic rings. The molecule has 7 heteroatoms. The molecule has 0 aliphatic heterocycles. The van der Waals surface area contributed by atoms with Crippen molar-refractivity contribution in [3.8, 4) is 0 Å². The summed E-state index contributed by atoms with van der Waals surface area (Å²) in [6.07, 6.45) is -4.04. The van der Waals surface area contributed by atoms with Gasteiger partial charge >= 0.3 is 12.1 Å². The molecule has 0 amide bonds. The number of carbonyl (C=O) groups is 1. The Labute approximate surface area is 160 Å². The standard InChI is InChI=1S/C21H21F3N2O2/c1-20(2,12-19(27)28)11-18-25-16-8-3-4-9-17(16)26(18)13-14-6-5-7-15(10-14)21(22,23)24/h3-10H,11-13H2,1-2H3,(H,27,28). The van der Waals surface area contributed by atoms with Gasteiger partial charge in [-0.05, 0) is 35.2 Å². The highest BCUT2D eigenvalue weighted by Crippen LogP contribution is 2.31. The molecular formula is C21H21F3N2O2. The minimum atomic E-state index is -4.40. The van der Waals surface area contributed by atoms with Gasteiger partial charge in [-0.25, -0.2) is 4.98 Å². The molecule has 0 radical (unpaired) electrons. The van der Waals surface area contributed by atoms with Crippen molar-refractivity contribution in [3.63, 3.8) is 0 Å². The summed E-state index contributed by atoms with van der Waals surface area (Å²) in [4.78, 5) is 15.8. The van der Waals surface area contributed by atoms with Crippen molar-refractivity contribution in [1.29, 1.82) is 0 Å². The van der Waals surface area contributed by atoms with E-state index >= 15 is 0 Å². The van der Waals surface area contributed by atoms with Crippen LogP contribution in [-0.4, -0.2) is 20.6 Å². The number of imidazole rings is 1. The molecule has 0 spiro atoms. The third-order valence-electron chi connectivity index (χ3n) is 4.60. The predicted octanol–water partition coefficient (Wildman–Crippen LogP) is 5.15. The van der Waals surface area contributed by atoms with Crippen LogP contribution >= 0.6 is 0 Å². The number of aliphatic carboxylic acids is 1. The number of alkyl halides is 3. The molecule has 3 rings (SSSR count). The van der Waals surface area contributed by atoms with Gasteiger partial charge in [-0.3, -0.25) is 4.79 Å². The molecule has 0 fully saturated rings. The molecule has 2 aromatic carbocycles. The Hall–Kier alpha value is -2.83. The minimum Gasteiger partial charge on any atom is -0.481 e. The molecule has 1 N–H and O–H groups in total. The van der Waals surface area contributed by atoms with Gasteiger partial charge in [0.1, 0.15) is 5.82 Å². The van der Waals surface area contributed by atoms with E-state index in [-0.39, 0.29) is 13.0 Å². The summed E-state index contributed by atoms with van der Waals surface area (Å²) in [7, 11) is 0. The zero-order valence-corrected chi connectivity index (χ0v) is 15.6. The number of halogens is 3. The number of hydrogen-bond donors (Lipinski definition) is 1. The first-order chi connectivity index (χ1) is 13.0. The molecule has 0 unspecified atom stereocenters. The molecular weight excluding hydrogens is 369 g/mol. The molecule has 1 aromatic heterocycles. The summed E-state index contributed by atoms with van der Waals surface area (Å²) in [5.41, 5.74) is 0.813. The van der Waals surface area contributed by atoms with Gasteiger partial charge in [0.15, 0.2) is 0 Å². The molecule has 1 heterocycles. The number of fused-ring (bicyclic) bond motifs is 1. The lowest BCUT2D eigenvalue weighted by molar-refractivity contribution is -0.139. The highest BCUT2D eigenvalue weighted by Gasteiger charge is 2.30. The quantitative estimate of drug-likeness (QED) is 0.634. The number of hydrogen-bond acceptors (Lipinski definition) is 2. The van der Waals surface area contributed by atoms with E-state index in [9.17, 15) is 18.0 Å². The lowest BCUT2D eigenvalue weighted by Gasteiger charge is -2.22. The Morgan fingerprint density at radius 1 is 1.11 bits per heavy atom. The van der Waals surface area contributed by atoms with E-state index in [0.717, 1.165) is 23.2 Å². The first-order valence-corrected chi connectivity index (χ1v) is 8.87. The summed E-state index contributed by atoms with van der Waals surface area (Å²) in [5.74, 6) is -0.240. The number of para-hydroxylation sites is 2. The van der Waals surface area contributed by atoms with Crippen LogP contribution in [0.5, 0.6) is 0 Å². The lowest BCUT2D eigenvalue weighted by Crippen LogP contribution is -2.22. The maximum Gasteiger partial charge on any atom is 0.416 e. The van der Waals surface area contributed by atoms with Crippen LogP contribution in [0.2, 0.25) is 0 Å². The number of nitrogens with zero attached hydrogens (tertiary/aromatic N) is 2. The van der Waals surface area contributed by atoms with Crippen LogP contribution in [0.25, 0.3) is 11.0 Å². The molecule has 4 nitrogen and oxygen atoms in total. The lowest BCUT2D eigenvalue weighted by atomic mass is 9.85. The summed E-state index contributed by atoms with van der Waals surface area (Å²) >= 11 is 0. The zero-order valence-electron chi connectivity index (χ0n) is 15.6. The van der Waals surface area contributed by atoms with Crippen molar-refractivity contribution in [2.24, 2.45) is 5.41 Å². The fourth-order valence-electron chi connectivity index (χ4n) is 3.37. The Morgan fingerprint density at radius 2 is 1.82 bits per heavy atom. The largest absolute Gasteiger partial charge is 0.481 e. The van der Waals surface area contributed by atoms with Crippen molar-refractivity contribution >= 4 is 17.0 Å². The minimum absolute atomic E-state index is 0.0280. The number of aromatic nitrogens is 2.